The van der Waals surface area contributed by atoms with E-state index in [1.165, 1.54) is 5.56 Å². The molecule has 7 nitrogen and oxygen atoms in total. The molecule has 0 saturated carbocycles. The number of aryl methyl sites for hydroxylation is 2. The molecule has 2 aromatic heterocycles. The van der Waals surface area contributed by atoms with Crippen LogP contribution in [-0.4, -0.2) is 38.7 Å². The summed E-state index contributed by atoms with van der Waals surface area (Å²) in [6, 6.07) is 15.0. The molecule has 0 radical (unpaired) electrons. The molecule has 0 spiro atoms. The van der Waals surface area contributed by atoms with Gasteiger partial charge in [0, 0.05) is 29.6 Å². The van der Waals surface area contributed by atoms with Crippen LogP contribution >= 0.6 is 11.6 Å². The maximum atomic E-state index is 12.3. The molecule has 4 rings (SSSR count). The van der Waals surface area contributed by atoms with Gasteiger partial charge in [-0.25, -0.2) is 14.6 Å². The van der Waals surface area contributed by atoms with E-state index in [1.807, 2.05) is 23.7 Å². The molecule has 8 heteroatoms. The minimum Gasteiger partial charge on any atom is -0.368 e. The normalized spacial score (nSPS) is 11.2. The van der Waals surface area contributed by atoms with E-state index in [0.29, 0.717) is 23.7 Å². The first kappa shape index (κ1) is 22.7. The van der Waals surface area contributed by atoms with Crippen LogP contribution in [0.1, 0.15) is 47.2 Å². The molecule has 2 heterocycles. The molecule has 1 amide bonds. The van der Waals surface area contributed by atoms with Crippen LogP contribution in [0.3, 0.4) is 0 Å². The number of carbonyl (C=O) groups is 1. The number of carbonyl (C=O) groups excluding carboxylic acids is 1. The summed E-state index contributed by atoms with van der Waals surface area (Å²) in [6.07, 6.45) is 0. The first-order valence-corrected chi connectivity index (χ1v) is 11.3. The second kappa shape index (κ2) is 9.58. The highest BCUT2D eigenvalue weighted by Crippen LogP contribution is 2.28. The van der Waals surface area contributed by atoms with Gasteiger partial charge in [-0.1, -0.05) is 43.1 Å². The highest BCUT2D eigenvalue weighted by Gasteiger charge is 2.18. The van der Waals surface area contributed by atoms with E-state index in [1.54, 1.807) is 24.3 Å². The highest BCUT2D eigenvalue weighted by atomic mass is 35.5. The standard InChI is InChI=1S/C25H27ClN6O/c1-15(2)22-29-23(27-13-14-28-25(33)18-7-9-19(26)10-8-18)21-17(4)31-32(24(21)30-22)20-11-5-16(3)6-12-20/h5-12,15H,13-14H2,1-4H3,(H,28,33)(H,27,29,30). The zero-order valence-electron chi connectivity index (χ0n) is 19.2. The lowest BCUT2D eigenvalue weighted by Crippen LogP contribution is -2.29. The smallest absolute Gasteiger partial charge is 0.251 e. The van der Waals surface area contributed by atoms with Crippen LogP contribution in [0.2, 0.25) is 5.02 Å². The number of benzene rings is 2. The average Bonchev–Trinajstić information content (AvgIpc) is 3.14. The molecule has 2 N–H and O–H groups in total. The second-order valence-electron chi connectivity index (χ2n) is 8.31. The maximum Gasteiger partial charge on any atom is 0.251 e. The van der Waals surface area contributed by atoms with Crippen molar-refractivity contribution < 1.29 is 4.79 Å². The van der Waals surface area contributed by atoms with Crippen molar-refractivity contribution >= 4 is 34.4 Å². The van der Waals surface area contributed by atoms with Crippen molar-refractivity contribution in [1.29, 1.82) is 0 Å². The number of hydrogen-bond donors (Lipinski definition) is 2. The van der Waals surface area contributed by atoms with Gasteiger partial charge < -0.3 is 10.6 Å². The lowest BCUT2D eigenvalue weighted by Gasteiger charge is -2.12. The van der Waals surface area contributed by atoms with Crippen LogP contribution in [0.15, 0.2) is 48.5 Å². The number of nitrogens with one attached hydrogen (secondary N) is 2. The molecular weight excluding hydrogens is 436 g/mol. The van der Waals surface area contributed by atoms with E-state index in [0.717, 1.165) is 34.1 Å². The predicted octanol–water partition coefficient (Wildman–Crippen LogP) is 5.05. The molecule has 0 aliphatic heterocycles. The topological polar surface area (TPSA) is 84.7 Å². The third-order valence-electron chi connectivity index (χ3n) is 5.32. The maximum absolute atomic E-state index is 12.3. The van der Waals surface area contributed by atoms with Crippen LogP contribution in [0, 0.1) is 13.8 Å². The Labute approximate surface area is 198 Å². The van der Waals surface area contributed by atoms with Crippen molar-refractivity contribution in [2.75, 3.05) is 18.4 Å². The molecule has 0 bridgehead atoms. The summed E-state index contributed by atoms with van der Waals surface area (Å²) < 4.78 is 1.87. The molecule has 0 saturated heterocycles. The van der Waals surface area contributed by atoms with Gasteiger partial charge in [0.1, 0.15) is 11.6 Å². The van der Waals surface area contributed by atoms with Crippen molar-refractivity contribution in [2.24, 2.45) is 0 Å². The van der Waals surface area contributed by atoms with Crippen LogP contribution < -0.4 is 10.6 Å². The Morgan fingerprint density at radius 2 is 1.70 bits per heavy atom. The van der Waals surface area contributed by atoms with E-state index in [-0.39, 0.29) is 11.8 Å². The van der Waals surface area contributed by atoms with Crippen molar-refractivity contribution in [3.63, 3.8) is 0 Å². The van der Waals surface area contributed by atoms with Gasteiger partial charge in [0.25, 0.3) is 5.91 Å². The van der Waals surface area contributed by atoms with E-state index in [2.05, 4.69) is 43.5 Å². The Balaban J connectivity index is 1.57. The number of hydrogen-bond acceptors (Lipinski definition) is 5. The largest absolute Gasteiger partial charge is 0.368 e. The predicted molar refractivity (Wildman–Crippen MR) is 132 cm³/mol. The Morgan fingerprint density at radius 3 is 2.36 bits per heavy atom. The van der Waals surface area contributed by atoms with Crippen molar-refractivity contribution in [1.82, 2.24) is 25.1 Å². The molecule has 0 aliphatic rings. The van der Waals surface area contributed by atoms with Crippen LogP contribution in [0.4, 0.5) is 5.82 Å². The third kappa shape index (κ3) is 4.98. The number of anilines is 1. The van der Waals surface area contributed by atoms with Gasteiger partial charge in [-0.2, -0.15) is 5.10 Å². The van der Waals surface area contributed by atoms with Gasteiger partial charge >= 0.3 is 0 Å². The van der Waals surface area contributed by atoms with Gasteiger partial charge in [-0.3, -0.25) is 4.79 Å². The first-order chi connectivity index (χ1) is 15.8. The van der Waals surface area contributed by atoms with Gasteiger partial charge in [0.05, 0.1) is 16.8 Å². The first-order valence-electron chi connectivity index (χ1n) is 11.0. The van der Waals surface area contributed by atoms with Crippen LogP contribution in [0.25, 0.3) is 16.7 Å². The number of rotatable bonds is 7. The Bertz CT molecular complexity index is 1280. The average molecular weight is 463 g/mol. The third-order valence-corrected chi connectivity index (χ3v) is 5.58. The molecule has 170 valence electrons. The lowest BCUT2D eigenvalue weighted by atomic mass is 10.2. The lowest BCUT2D eigenvalue weighted by molar-refractivity contribution is 0.0955. The SMILES string of the molecule is Cc1ccc(-n2nc(C)c3c(NCCNC(=O)c4ccc(Cl)cc4)nc(C(C)C)nc32)cc1. The van der Waals surface area contributed by atoms with E-state index >= 15 is 0 Å². The monoisotopic (exact) mass is 462 g/mol. The number of nitrogens with zero attached hydrogens (tertiary/aromatic N) is 4. The Morgan fingerprint density at radius 1 is 1.00 bits per heavy atom. The van der Waals surface area contributed by atoms with Crippen LogP contribution in [0.5, 0.6) is 0 Å². The quantitative estimate of drug-likeness (QED) is 0.375. The zero-order chi connectivity index (χ0) is 23.5. The summed E-state index contributed by atoms with van der Waals surface area (Å²) in [5.74, 6) is 1.47. The molecular formula is C25H27ClN6O. The Hall–Kier alpha value is -3.45. The molecule has 0 aliphatic carbocycles. The van der Waals surface area contributed by atoms with Gasteiger partial charge in [-0.15, -0.1) is 0 Å². The van der Waals surface area contributed by atoms with Crippen molar-refractivity contribution in [3.05, 3.63) is 76.2 Å². The summed E-state index contributed by atoms with van der Waals surface area (Å²) in [7, 11) is 0. The van der Waals surface area contributed by atoms with E-state index < -0.39 is 0 Å². The van der Waals surface area contributed by atoms with Gasteiger partial charge in [0.15, 0.2) is 5.65 Å². The molecule has 2 aromatic carbocycles. The van der Waals surface area contributed by atoms with Crippen molar-refractivity contribution in [3.8, 4) is 5.69 Å². The van der Waals surface area contributed by atoms with Gasteiger partial charge in [-0.05, 0) is 50.2 Å². The summed E-state index contributed by atoms with van der Waals surface area (Å²) in [5.41, 5.74) is 4.32. The molecule has 0 fully saturated rings. The zero-order valence-corrected chi connectivity index (χ0v) is 19.9. The van der Waals surface area contributed by atoms with Crippen molar-refractivity contribution in [2.45, 2.75) is 33.6 Å². The van der Waals surface area contributed by atoms with E-state index in [4.69, 9.17) is 26.7 Å². The molecule has 0 unspecified atom stereocenters. The number of aromatic nitrogens is 4. The summed E-state index contributed by atoms with van der Waals surface area (Å²) in [5, 5.41) is 12.5. The second-order valence-corrected chi connectivity index (χ2v) is 8.74. The summed E-state index contributed by atoms with van der Waals surface area (Å²) in [6.45, 7) is 9.10. The number of halogens is 1. The summed E-state index contributed by atoms with van der Waals surface area (Å²) >= 11 is 5.89. The number of fused-ring (bicyclic) bond motifs is 1. The van der Waals surface area contributed by atoms with Crippen LogP contribution in [-0.2, 0) is 0 Å². The Kier molecular flexibility index (Phi) is 6.60. The molecule has 33 heavy (non-hydrogen) atoms. The molecule has 4 aromatic rings. The van der Waals surface area contributed by atoms with Gasteiger partial charge in [0.2, 0.25) is 0 Å². The fraction of sp³-hybridized carbons (Fsp3) is 0.280. The summed E-state index contributed by atoms with van der Waals surface area (Å²) in [4.78, 5) is 21.9. The van der Waals surface area contributed by atoms with E-state index in [9.17, 15) is 4.79 Å². The highest BCUT2D eigenvalue weighted by molar-refractivity contribution is 6.30. The number of amides is 1. The fourth-order valence-corrected chi connectivity index (χ4v) is 3.64. The minimum atomic E-state index is -0.146. The minimum absolute atomic E-state index is 0.146. The fourth-order valence-electron chi connectivity index (χ4n) is 3.51. The molecule has 0 atom stereocenters.